The van der Waals surface area contributed by atoms with E-state index in [9.17, 15) is 0 Å². The Balaban J connectivity index is 0.953. The van der Waals surface area contributed by atoms with Crippen molar-refractivity contribution in [1.82, 2.24) is 0 Å². The van der Waals surface area contributed by atoms with Crippen LogP contribution in [0, 0.1) is 11.8 Å². The molecule has 318 valence electrons. The van der Waals surface area contributed by atoms with Gasteiger partial charge in [0, 0.05) is 16.9 Å². The Morgan fingerprint density at radius 1 is 0.358 bits per heavy atom. The van der Waals surface area contributed by atoms with Crippen molar-refractivity contribution >= 4 is 27.8 Å². The van der Waals surface area contributed by atoms with Gasteiger partial charge in [-0.2, -0.15) is 0 Å². The van der Waals surface area contributed by atoms with Crippen LogP contribution >= 0.6 is 0 Å². The van der Waals surface area contributed by atoms with E-state index in [2.05, 4.69) is 235 Å². The van der Waals surface area contributed by atoms with Crippen LogP contribution in [-0.4, -0.2) is 0 Å². The fraction of sp³-hybridized carbons (Fsp3) is 0.121. The van der Waals surface area contributed by atoms with Crippen LogP contribution in [-0.2, 0) is 5.41 Å². The summed E-state index contributed by atoms with van der Waals surface area (Å²) in [6.45, 7) is 0. The van der Waals surface area contributed by atoms with E-state index in [1.807, 2.05) is 0 Å². The van der Waals surface area contributed by atoms with Crippen molar-refractivity contribution in [2.75, 3.05) is 4.90 Å². The molecule has 3 unspecified atom stereocenters. The lowest BCUT2D eigenvalue weighted by molar-refractivity contribution is 0.420. The van der Waals surface area contributed by atoms with Crippen LogP contribution in [0.1, 0.15) is 59.4 Å². The van der Waals surface area contributed by atoms with E-state index < -0.39 is 5.41 Å². The zero-order valence-electron chi connectivity index (χ0n) is 37.4. The third-order valence-corrected chi connectivity index (χ3v) is 16.2. The molecule has 14 rings (SSSR count). The number of fused-ring (bicyclic) bond motifs is 13. The molecule has 10 aromatic rings. The number of anilines is 3. The number of hydrogen-bond donors (Lipinski definition) is 0. The van der Waals surface area contributed by atoms with Gasteiger partial charge in [-0.05, 0) is 156 Å². The van der Waals surface area contributed by atoms with E-state index in [1.165, 1.54) is 120 Å². The van der Waals surface area contributed by atoms with Crippen LogP contribution in [0.3, 0.4) is 0 Å². The average Bonchev–Trinajstić information content (AvgIpc) is 4.18. The lowest BCUT2D eigenvalue weighted by Gasteiger charge is -2.31. The normalized spacial score (nSPS) is 17.9. The molecule has 3 atom stereocenters. The highest BCUT2D eigenvalue weighted by Crippen LogP contribution is 2.63. The number of rotatable bonds is 7. The van der Waals surface area contributed by atoms with Crippen molar-refractivity contribution in [3.63, 3.8) is 0 Å². The zero-order valence-corrected chi connectivity index (χ0v) is 37.4. The molecule has 0 aromatic heterocycles. The van der Waals surface area contributed by atoms with E-state index in [0.29, 0.717) is 0 Å². The molecule has 4 aliphatic rings. The fourth-order valence-corrected chi connectivity index (χ4v) is 13.4. The topological polar surface area (TPSA) is 3.24 Å². The number of para-hydroxylation sites is 1. The highest BCUT2D eigenvalue weighted by atomic mass is 15.1. The first-order chi connectivity index (χ1) is 33.2. The summed E-state index contributed by atoms with van der Waals surface area (Å²) < 4.78 is 0. The van der Waals surface area contributed by atoms with Gasteiger partial charge in [0.2, 0.25) is 0 Å². The van der Waals surface area contributed by atoms with Crippen LogP contribution in [0.15, 0.2) is 231 Å². The Hall–Kier alpha value is -7.74. The van der Waals surface area contributed by atoms with Gasteiger partial charge in [0.05, 0.1) is 11.1 Å². The van der Waals surface area contributed by atoms with Gasteiger partial charge >= 0.3 is 0 Å². The molecule has 0 saturated heterocycles. The Morgan fingerprint density at radius 3 is 1.54 bits per heavy atom. The van der Waals surface area contributed by atoms with Crippen LogP contribution < -0.4 is 4.90 Å². The minimum atomic E-state index is -0.397. The van der Waals surface area contributed by atoms with E-state index >= 15 is 0 Å². The molecule has 67 heavy (non-hydrogen) atoms. The second-order valence-electron chi connectivity index (χ2n) is 19.5. The largest absolute Gasteiger partial charge is 0.310 e. The molecule has 4 aliphatic carbocycles. The summed E-state index contributed by atoms with van der Waals surface area (Å²) in [4.78, 5) is 2.51. The summed E-state index contributed by atoms with van der Waals surface area (Å²) in [6.07, 6.45) is 5.65. The lowest BCUT2D eigenvalue weighted by Crippen LogP contribution is -2.25. The van der Waals surface area contributed by atoms with Crippen molar-refractivity contribution in [3.05, 3.63) is 258 Å². The predicted molar refractivity (Wildman–Crippen MR) is 279 cm³/mol. The molecule has 2 fully saturated rings. The maximum Gasteiger partial charge on any atom is 0.0725 e. The summed E-state index contributed by atoms with van der Waals surface area (Å²) >= 11 is 0. The molecule has 2 saturated carbocycles. The maximum absolute atomic E-state index is 2.51. The minimum Gasteiger partial charge on any atom is -0.310 e. The molecule has 0 amide bonds. The van der Waals surface area contributed by atoms with Crippen LogP contribution in [0.2, 0.25) is 0 Å². The third kappa shape index (κ3) is 5.80. The Kier molecular flexibility index (Phi) is 8.71. The Bertz CT molecular complexity index is 3490. The number of benzene rings is 10. The second-order valence-corrected chi connectivity index (χ2v) is 19.5. The molecular formula is C66H49N. The smallest absolute Gasteiger partial charge is 0.0725 e. The molecule has 2 bridgehead atoms. The first-order valence-corrected chi connectivity index (χ1v) is 24.3. The van der Waals surface area contributed by atoms with Crippen molar-refractivity contribution in [1.29, 1.82) is 0 Å². The highest BCUT2D eigenvalue weighted by molar-refractivity contribution is 6.09. The quantitative estimate of drug-likeness (QED) is 0.154. The lowest BCUT2D eigenvalue weighted by atomic mass is 9.70. The van der Waals surface area contributed by atoms with Gasteiger partial charge in [-0.1, -0.05) is 207 Å². The van der Waals surface area contributed by atoms with Crippen molar-refractivity contribution in [2.24, 2.45) is 11.8 Å². The van der Waals surface area contributed by atoms with Crippen LogP contribution in [0.5, 0.6) is 0 Å². The van der Waals surface area contributed by atoms with Gasteiger partial charge in [0.25, 0.3) is 0 Å². The molecule has 0 aliphatic heterocycles. The third-order valence-electron chi connectivity index (χ3n) is 16.2. The monoisotopic (exact) mass is 855 g/mol. The SMILES string of the molecule is c1ccc(-c2cccc3cccc(-c4ccccc4N(c4ccc(-c5ccc(C6CC7CCC6C7)cc5)cc4)c4ccc5c(c4)-c4ccccc4C54c5ccccc5-c5ccccc54)c23)cc1. The summed E-state index contributed by atoms with van der Waals surface area (Å²) in [7, 11) is 0. The molecule has 0 heterocycles. The molecule has 1 nitrogen and oxygen atoms in total. The molecule has 0 radical (unpaired) electrons. The van der Waals surface area contributed by atoms with Gasteiger partial charge in [0.15, 0.2) is 0 Å². The first-order valence-electron chi connectivity index (χ1n) is 24.3. The van der Waals surface area contributed by atoms with E-state index in [0.717, 1.165) is 34.8 Å². The van der Waals surface area contributed by atoms with Crippen LogP contribution in [0.4, 0.5) is 17.1 Å². The number of nitrogens with zero attached hydrogens (tertiary/aromatic N) is 1. The maximum atomic E-state index is 2.51. The first kappa shape index (κ1) is 38.5. The summed E-state index contributed by atoms with van der Waals surface area (Å²) in [6, 6.07) is 86.8. The van der Waals surface area contributed by atoms with Gasteiger partial charge < -0.3 is 4.90 Å². The van der Waals surface area contributed by atoms with Gasteiger partial charge in [0.1, 0.15) is 0 Å². The minimum absolute atomic E-state index is 0.397. The molecular weight excluding hydrogens is 807 g/mol. The highest BCUT2D eigenvalue weighted by Gasteiger charge is 2.51. The predicted octanol–water partition coefficient (Wildman–Crippen LogP) is 17.6. The van der Waals surface area contributed by atoms with Gasteiger partial charge in [-0.15, -0.1) is 0 Å². The van der Waals surface area contributed by atoms with Crippen molar-refractivity contribution in [3.8, 4) is 55.6 Å². The molecule has 10 aromatic carbocycles. The van der Waals surface area contributed by atoms with E-state index in [-0.39, 0.29) is 0 Å². The van der Waals surface area contributed by atoms with E-state index in [4.69, 9.17) is 0 Å². The zero-order chi connectivity index (χ0) is 44.1. The van der Waals surface area contributed by atoms with Crippen molar-refractivity contribution in [2.45, 2.75) is 37.0 Å². The summed E-state index contributed by atoms with van der Waals surface area (Å²) in [5.74, 6) is 2.56. The Morgan fingerprint density at radius 2 is 0.896 bits per heavy atom. The molecule has 1 heteroatoms. The summed E-state index contributed by atoms with van der Waals surface area (Å²) in [5.41, 5.74) is 22.5. The standard InChI is InChI=1S/C66H49N/c1-2-14-46(15-3-1)52-22-12-16-48-17-13-23-57(65(48)52)56-21-7-11-27-64(56)67(50-36-34-45(35-37-50)44-30-32-47(33-31-44)58-41-43-28-29-49(58)40-43)51-38-39-63-59(42-51)55-20-6-10-26-62(55)66(63)60-24-8-4-18-53(60)54-19-5-9-25-61(54)66/h1-27,30-39,42-43,49,58H,28-29,40-41H2. The molecule has 0 N–H and O–H groups in total. The molecule has 1 spiro atoms. The average molecular weight is 856 g/mol. The van der Waals surface area contributed by atoms with Gasteiger partial charge in [-0.25, -0.2) is 0 Å². The summed E-state index contributed by atoms with van der Waals surface area (Å²) in [5, 5.41) is 2.49. The number of hydrogen-bond acceptors (Lipinski definition) is 1. The van der Waals surface area contributed by atoms with Crippen LogP contribution in [0.25, 0.3) is 66.4 Å². The van der Waals surface area contributed by atoms with Gasteiger partial charge in [-0.3, -0.25) is 0 Å². The van der Waals surface area contributed by atoms with E-state index in [1.54, 1.807) is 0 Å². The second kappa shape index (κ2) is 15.2. The fourth-order valence-electron chi connectivity index (χ4n) is 13.4. The Labute approximate surface area is 393 Å². The van der Waals surface area contributed by atoms with Crippen molar-refractivity contribution < 1.29 is 0 Å².